The van der Waals surface area contributed by atoms with E-state index < -0.39 is 0 Å². The van der Waals surface area contributed by atoms with Crippen molar-refractivity contribution in [3.8, 4) is 0 Å². The molecule has 1 aliphatic carbocycles. The molecule has 0 radical (unpaired) electrons. The Balaban J connectivity index is 1.70. The van der Waals surface area contributed by atoms with Gasteiger partial charge in [0.25, 0.3) is 0 Å². The minimum absolute atomic E-state index is 0.797. The van der Waals surface area contributed by atoms with E-state index in [-0.39, 0.29) is 0 Å². The molecule has 0 aromatic carbocycles. The molecule has 2 saturated heterocycles. The van der Waals surface area contributed by atoms with Crippen LogP contribution in [-0.4, -0.2) is 59.1 Å². The van der Waals surface area contributed by atoms with E-state index in [1.807, 2.05) is 0 Å². The van der Waals surface area contributed by atoms with Gasteiger partial charge in [-0.2, -0.15) is 11.8 Å². The van der Waals surface area contributed by atoms with Gasteiger partial charge in [0.15, 0.2) is 0 Å². The number of fused-ring (bicyclic) bond motifs is 1. The lowest BCUT2D eigenvalue weighted by atomic mass is 9.90. The second-order valence-electron chi connectivity index (χ2n) is 7.48. The smallest absolute Gasteiger partial charge is 0.0249 e. The molecule has 2 aliphatic heterocycles. The highest BCUT2D eigenvalue weighted by Gasteiger charge is 2.41. The summed E-state index contributed by atoms with van der Waals surface area (Å²) in [6, 6.07) is 2.55. The Labute approximate surface area is 129 Å². The van der Waals surface area contributed by atoms with Gasteiger partial charge in [-0.25, -0.2) is 0 Å². The van der Waals surface area contributed by atoms with Crippen LogP contribution in [0.25, 0.3) is 0 Å². The summed E-state index contributed by atoms with van der Waals surface area (Å²) in [4.78, 5) is 5.75. The van der Waals surface area contributed by atoms with Crippen molar-refractivity contribution >= 4 is 11.8 Å². The first-order chi connectivity index (χ1) is 9.69. The minimum Gasteiger partial charge on any atom is -0.298 e. The lowest BCUT2D eigenvalue weighted by Crippen LogP contribution is -2.63. The van der Waals surface area contributed by atoms with Gasteiger partial charge in [-0.15, -0.1) is 0 Å². The summed E-state index contributed by atoms with van der Waals surface area (Å²) in [6.07, 6.45) is 11.0. The van der Waals surface area contributed by atoms with Crippen LogP contribution in [-0.2, 0) is 0 Å². The van der Waals surface area contributed by atoms with Crippen molar-refractivity contribution in [1.29, 1.82) is 0 Å². The SMILES string of the molecule is CSC1CCC(N2CC3CCCCN3CC2C(C)C)C1. The van der Waals surface area contributed by atoms with Crippen LogP contribution in [0.15, 0.2) is 0 Å². The molecule has 2 heterocycles. The molecule has 0 aromatic rings. The molecule has 1 saturated carbocycles. The first kappa shape index (κ1) is 15.2. The van der Waals surface area contributed by atoms with E-state index in [9.17, 15) is 0 Å². The Bertz CT molecular complexity index is 320. The zero-order chi connectivity index (χ0) is 14.1. The maximum absolute atomic E-state index is 2.94. The van der Waals surface area contributed by atoms with E-state index >= 15 is 0 Å². The molecule has 0 spiro atoms. The molecule has 3 heteroatoms. The van der Waals surface area contributed by atoms with Crippen LogP contribution in [0.3, 0.4) is 0 Å². The summed E-state index contributed by atoms with van der Waals surface area (Å²) in [6.45, 7) is 8.92. The largest absolute Gasteiger partial charge is 0.298 e. The van der Waals surface area contributed by atoms with Gasteiger partial charge in [0, 0.05) is 36.5 Å². The predicted octanol–water partition coefficient (Wildman–Crippen LogP) is 3.47. The third-order valence-electron chi connectivity index (χ3n) is 5.95. The molecule has 0 bridgehead atoms. The lowest BCUT2D eigenvalue weighted by molar-refractivity contribution is -0.0285. The molecule has 116 valence electrons. The number of hydrogen-bond acceptors (Lipinski definition) is 3. The van der Waals surface area contributed by atoms with Gasteiger partial charge in [-0.05, 0) is 50.8 Å². The predicted molar refractivity (Wildman–Crippen MR) is 89.5 cm³/mol. The van der Waals surface area contributed by atoms with Crippen LogP contribution >= 0.6 is 11.8 Å². The quantitative estimate of drug-likeness (QED) is 0.787. The monoisotopic (exact) mass is 296 g/mol. The summed E-state index contributed by atoms with van der Waals surface area (Å²) in [5, 5.41) is 0.928. The number of rotatable bonds is 3. The molecule has 4 unspecified atom stereocenters. The Morgan fingerprint density at radius 2 is 1.85 bits per heavy atom. The van der Waals surface area contributed by atoms with Gasteiger partial charge in [-0.1, -0.05) is 20.3 Å². The molecule has 3 aliphatic rings. The van der Waals surface area contributed by atoms with E-state index in [0.717, 1.165) is 29.3 Å². The zero-order valence-electron chi connectivity index (χ0n) is 13.6. The first-order valence-corrected chi connectivity index (χ1v) is 10.0. The standard InChI is InChI=1S/C17H32N2S/c1-13(2)17-12-18-9-5-4-6-15(18)11-19(17)14-7-8-16(10-14)20-3/h13-17H,4-12H2,1-3H3. The molecule has 4 atom stereocenters. The van der Waals surface area contributed by atoms with Crippen molar-refractivity contribution in [2.75, 3.05) is 25.9 Å². The molecule has 2 nitrogen and oxygen atoms in total. The average Bonchev–Trinajstić information content (AvgIpc) is 2.94. The highest BCUT2D eigenvalue weighted by Crippen LogP contribution is 2.36. The van der Waals surface area contributed by atoms with Crippen LogP contribution < -0.4 is 0 Å². The van der Waals surface area contributed by atoms with Crippen molar-refractivity contribution in [2.24, 2.45) is 5.92 Å². The van der Waals surface area contributed by atoms with Gasteiger partial charge >= 0.3 is 0 Å². The molecule has 0 amide bonds. The number of piperazine rings is 1. The molecular formula is C17H32N2S. The van der Waals surface area contributed by atoms with Crippen LogP contribution in [0.5, 0.6) is 0 Å². The van der Waals surface area contributed by atoms with Gasteiger partial charge in [0.2, 0.25) is 0 Å². The topological polar surface area (TPSA) is 6.48 Å². The summed E-state index contributed by atoms with van der Waals surface area (Å²) in [5.74, 6) is 0.797. The van der Waals surface area contributed by atoms with Gasteiger partial charge in [0.05, 0.1) is 0 Å². The minimum atomic E-state index is 0.797. The zero-order valence-corrected chi connectivity index (χ0v) is 14.4. The molecule has 3 rings (SSSR count). The summed E-state index contributed by atoms with van der Waals surface area (Å²) in [5.41, 5.74) is 0. The van der Waals surface area contributed by atoms with E-state index in [2.05, 4.69) is 41.7 Å². The summed E-state index contributed by atoms with van der Waals surface area (Å²) >= 11 is 2.10. The van der Waals surface area contributed by atoms with Crippen molar-refractivity contribution in [2.45, 2.75) is 75.7 Å². The Morgan fingerprint density at radius 1 is 1.00 bits per heavy atom. The third kappa shape index (κ3) is 3.05. The first-order valence-electron chi connectivity index (χ1n) is 8.71. The summed E-state index contributed by atoms with van der Waals surface area (Å²) < 4.78 is 0. The van der Waals surface area contributed by atoms with E-state index in [1.54, 1.807) is 0 Å². The number of hydrogen-bond donors (Lipinski definition) is 0. The summed E-state index contributed by atoms with van der Waals surface area (Å²) in [7, 11) is 0. The Morgan fingerprint density at radius 3 is 2.55 bits per heavy atom. The maximum atomic E-state index is 2.94. The van der Waals surface area contributed by atoms with Crippen LogP contribution in [0.4, 0.5) is 0 Å². The highest BCUT2D eigenvalue weighted by atomic mass is 32.2. The molecule has 0 N–H and O–H groups in total. The van der Waals surface area contributed by atoms with E-state index in [4.69, 9.17) is 0 Å². The molecule has 20 heavy (non-hydrogen) atoms. The van der Waals surface area contributed by atoms with Crippen molar-refractivity contribution in [3.05, 3.63) is 0 Å². The highest BCUT2D eigenvalue weighted by molar-refractivity contribution is 7.99. The van der Waals surface area contributed by atoms with Crippen LogP contribution in [0.1, 0.15) is 52.4 Å². The Hall–Kier alpha value is 0.270. The number of thioether (sulfide) groups is 1. The fourth-order valence-corrected chi connectivity index (χ4v) is 5.46. The van der Waals surface area contributed by atoms with E-state index in [0.29, 0.717) is 0 Å². The van der Waals surface area contributed by atoms with Crippen LogP contribution in [0.2, 0.25) is 0 Å². The number of piperidine rings is 1. The average molecular weight is 297 g/mol. The Kier molecular flexibility index (Phi) is 4.99. The number of nitrogens with zero attached hydrogens (tertiary/aromatic N) is 2. The van der Waals surface area contributed by atoms with Crippen molar-refractivity contribution in [1.82, 2.24) is 9.80 Å². The fraction of sp³-hybridized carbons (Fsp3) is 1.00. The van der Waals surface area contributed by atoms with Gasteiger partial charge in [-0.3, -0.25) is 9.80 Å². The second kappa shape index (κ2) is 6.58. The lowest BCUT2D eigenvalue weighted by Gasteiger charge is -2.52. The maximum Gasteiger partial charge on any atom is 0.0249 e. The molecule has 3 fully saturated rings. The second-order valence-corrected chi connectivity index (χ2v) is 8.62. The normalized spacial score (nSPS) is 40.2. The third-order valence-corrected chi connectivity index (χ3v) is 7.04. The fourth-order valence-electron chi connectivity index (χ4n) is 4.68. The van der Waals surface area contributed by atoms with E-state index in [1.165, 1.54) is 58.2 Å². The van der Waals surface area contributed by atoms with Crippen LogP contribution in [0, 0.1) is 5.92 Å². The van der Waals surface area contributed by atoms with Gasteiger partial charge < -0.3 is 0 Å². The van der Waals surface area contributed by atoms with Crippen molar-refractivity contribution < 1.29 is 0 Å². The molecular weight excluding hydrogens is 264 g/mol. The van der Waals surface area contributed by atoms with Gasteiger partial charge in [0.1, 0.15) is 0 Å². The van der Waals surface area contributed by atoms with Crippen molar-refractivity contribution in [3.63, 3.8) is 0 Å². The molecule has 0 aromatic heterocycles.